The molecule has 666 valence electrons. The topological polar surface area (TPSA) is 640 Å². The molecule has 6 aromatic heterocycles. The number of phosphoric acid groups is 3. The van der Waals surface area contributed by atoms with Gasteiger partial charge in [-0.2, -0.15) is 15.0 Å². The molecule has 0 aromatic carbocycles. The summed E-state index contributed by atoms with van der Waals surface area (Å²) in [7, 11) is -12.3. The number of hydrogen-bond donors (Lipinski definition) is 9. The number of nitrogens with zero attached hydrogens (tertiary/aromatic N) is 12. The van der Waals surface area contributed by atoms with Crippen LogP contribution in [0.5, 0.6) is 0 Å². The van der Waals surface area contributed by atoms with Gasteiger partial charge in [0.2, 0.25) is 17.8 Å². The molecule has 51 heteroatoms. The number of ether oxygens (including phenoxy) is 6. The van der Waals surface area contributed by atoms with Crippen LogP contribution in [0.15, 0.2) is 37.6 Å². The SMILES string of the molecule is CC(C)[C@H](N)C(=O)OCC(C)(C)C(=O)SCCOP1(=O)OC[C@H]2O[C@@H](n3cnc4cnc(N)nc43)[C@](C)(O)[C@@H]2O1.CC(C)[C@H](N)C(=O)OCC(C)(C)C(=O)SCCO[P@@]1(=O)OC[C@H]2O[C@@H](n3cnc4cnc(N)nc43)[C@](C)(O)[C@@H]2O1.CC(C)[C@H](N)C(=O)OCC(C)(C)C(=O)SCCO[P@]1(=O)OC[C@H]2O[C@@H](n3cnc4cnc(N)nc43)[C@](C)(O)[C@@H]2O1. The summed E-state index contributed by atoms with van der Waals surface area (Å²) in [5.74, 6) is -1.52. The van der Waals surface area contributed by atoms with Crippen molar-refractivity contribution in [2.75, 3.05) is 93.9 Å². The Hall–Kier alpha value is -6.51. The van der Waals surface area contributed by atoms with E-state index in [0.29, 0.717) is 33.5 Å². The molecule has 1 unspecified atom stereocenters. The third-order valence-electron chi connectivity index (χ3n) is 19.9. The first-order valence-corrected chi connectivity index (χ1v) is 45.3. The van der Waals surface area contributed by atoms with E-state index in [1.807, 2.05) is 0 Å². The monoisotopic (exact) mass is 1810 g/mol. The maximum atomic E-state index is 13.2. The number of aromatic nitrogens is 12. The minimum Gasteiger partial charge on any atom is -0.463 e. The van der Waals surface area contributed by atoms with E-state index in [1.165, 1.54) is 72.0 Å². The molecule has 15 N–H and O–H groups in total. The van der Waals surface area contributed by atoms with Crippen molar-refractivity contribution >= 4 is 143 Å². The van der Waals surface area contributed by atoms with Gasteiger partial charge in [0.1, 0.15) is 108 Å². The van der Waals surface area contributed by atoms with Gasteiger partial charge in [0.05, 0.1) is 93.5 Å². The van der Waals surface area contributed by atoms with Crippen molar-refractivity contribution in [2.45, 2.75) is 194 Å². The molecule has 0 aliphatic carbocycles. The molecular weight excluding hydrogens is 1700 g/mol. The molecule has 18 atom stereocenters. The number of nitrogens with two attached hydrogens (primary N) is 6. The smallest absolute Gasteiger partial charge is 0.463 e. The number of imidazole rings is 3. The van der Waals surface area contributed by atoms with Gasteiger partial charge in [0.25, 0.3) is 0 Å². The molecular formula is C69H105N18O27P3S3. The Kier molecular flexibility index (Phi) is 30.4. The van der Waals surface area contributed by atoms with Crippen molar-refractivity contribution in [2.24, 2.45) is 51.2 Å². The minimum atomic E-state index is -4.09. The molecule has 0 spiro atoms. The van der Waals surface area contributed by atoms with Crippen LogP contribution < -0.4 is 34.4 Å². The van der Waals surface area contributed by atoms with Crippen molar-refractivity contribution in [1.82, 2.24) is 58.6 Å². The average molecular weight is 1810 g/mol. The number of esters is 3. The zero-order valence-corrected chi connectivity index (χ0v) is 73.8. The Balaban J connectivity index is 0.000000189. The maximum absolute atomic E-state index is 13.2. The number of carbonyl (C=O) groups is 6. The molecule has 12 rings (SSSR count). The van der Waals surface area contributed by atoms with Crippen molar-refractivity contribution in [3.63, 3.8) is 0 Å². The molecule has 0 bridgehead atoms. The molecule has 6 fully saturated rings. The van der Waals surface area contributed by atoms with Crippen molar-refractivity contribution in [3.8, 4) is 0 Å². The summed E-state index contributed by atoms with van der Waals surface area (Å²) in [6, 6.07) is -2.31. The maximum Gasteiger partial charge on any atom is 0.475 e. The standard InChI is InChI=1S/3C23H35N6O9PS/c3*1-12(2)15(24)18(30)34-10-22(3,4)20(31)40-7-6-35-39(33)36-9-14-16(38-39)23(5,32)19(37-14)29-11-27-13-8-26-21(25)28-17(13)29/h3*8,11-12,14-16,19,32H,6-7,9-10,24H2,1-5H3,(H2,25,26,28)/t14-,15+,16-,19-,23-,39?;14-,15+,16-,19-,23-,39+;14-,15+,16-,19-,23-,39-/m111/s1. The lowest BCUT2D eigenvalue weighted by atomic mass is 9.96. The number of carbonyl (C=O) groups excluding carboxylic acids is 6. The highest BCUT2D eigenvalue weighted by molar-refractivity contribution is 8.14. The first-order valence-electron chi connectivity index (χ1n) is 37.9. The lowest BCUT2D eigenvalue weighted by Gasteiger charge is -2.35. The van der Waals surface area contributed by atoms with Gasteiger partial charge in [-0.05, 0) is 80.1 Å². The van der Waals surface area contributed by atoms with E-state index in [2.05, 4.69) is 44.9 Å². The van der Waals surface area contributed by atoms with Gasteiger partial charge >= 0.3 is 41.4 Å². The van der Waals surface area contributed by atoms with E-state index in [9.17, 15) is 57.8 Å². The number of anilines is 3. The van der Waals surface area contributed by atoms with Crippen molar-refractivity contribution in [3.05, 3.63) is 37.6 Å². The molecule has 6 saturated heterocycles. The second-order valence-corrected chi connectivity index (χ2v) is 40.6. The molecule has 45 nitrogen and oxygen atoms in total. The van der Waals surface area contributed by atoms with Gasteiger partial charge in [-0.15, -0.1) is 0 Å². The second-order valence-electron chi connectivity index (χ2n) is 32.5. The van der Waals surface area contributed by atoms with Crippen LogP contribution in [0.4, 0.5) is 17.8 Å². The first-order chi connectivity index (χ1) is 55.9. The van der Waals surface area contributed by atoms with Crippen LogP contribution in [-0.2, 0) is 112 Å². The number of aliphatic hydroxyl groups is 3. The Bertz CT molecular complexity index is 4380. The lowest BCUT2D eigenvalue weighted by molar-refractivity contribution is -0.151. The summed E-state index contributed by atoms with van der Waals surface area (Å²) >= 11 is 2.80. The lowest BCUT2D eigenvalue weighted by Crippen LogP contribution is -2.47. The fraction of sp³-hybridized carbons (Fsp3) is 0.696. The number of phosphoric ester groups is 3. The minimum absolute atomic E-state index is 0.0258. The van der Waals surface area contributed by atoms with Crippen LogP contribution in [0.1, 0.15) is 123 Å². The molecule has 6 aliphatic rings. The summed E-state index contributed by atoms with van der Waals surface area (Å²) in [6.07, 6.45) is 0.176. The van der Waals surface area contributed by atoms with E-state index < -0.39 is 148 Å². The van der Waals surface area contributed by atoms with Gasteiger partial charge < -0.3 is 78.1 Å². The summed E-state index contributed by atoms with van der Waals surface area (Å²) < 4.78 is 127. The predicted molar refractivity (Wildman–Crippen MR) is 431 cm³/mol. The highest BCUT2D eigenvalue weighted by Gasteiger charge is 2.63. The van der Waals surface area contributed by atoms with Crippen molar-refractivity contribution in [1.29, 1.82) is 0 Å². The average Bonchev–Trinajstić information content (AvgIpc) is 1.59. The zero-order chi connectivity index (χ0) is 88.4. The van der Waals surface area contributed by atoms with Crippen LogP contribution >= 0.6 is 58.8 Å². The third-order valence-corrected chi connectivity index (χ3v) is 27.8. The number of nitrogen functional groups attached to an aromatic ring is 3. The van der Waals surface area contributed by atoms with Crippen LogP contribution in [0.3, 0.4) is 0 Å². The molecule has 6 aliphatic heterocycles. The molecule has 0 saturated carbocycles. The zero-order valence-electron chi connectivity index (χ0n) is 68.6. The van der Waals surface area contributed by atoms with E-state index >= 15 is 0 Å². The van der Waals surface area contributed by atoms with E-state index in [1.54, 1.807) is 83.1 Å². The fourth-order valence-electron chi connectivity index (χ4n) is 12.3. The highest BCUT2D eigenvalue weighted by atomic mass is 32.2. The number of fused-ring (bicyclic) bond motifs is 6. The highest BCUT2D eigenvalue weighted by Crippen LogP contribution is 2.62. The predicted octanol–water partition coefficient (Wildman–Crippen LogP) is 4.23. The Morgan fingerprint density at radius 2 is 0.700 bits per heavy atom. The summed E-state index contributed by atoms with van der Waals surface area (Å²) in [4.78, 5) is 111. The summed E-state index contributed by atoms with van der Waals surface area (Å²) in [6.45, 7) is 23.8. The quantitative estimate of drug-likeness (QED) is 0.0132. The van der Waals surface area contributed by atoms with Crippen LogP contribution in [0, 0.1) is 34.0 Å². The molecule has 0 amide bonds. The Labute approximate surface area is 702 Å². The van der Waals surface area contributed by atoms with Gasteiger partial charge in [-0.1, -0.05) is 76.8 Å². The van der Waals surface area contributed by atoms with Gasteiger partial charge in [0.15, 0.2) is 51.0 Å². The summed E-state index contributed by atoms with van der Waals surface area (Å²) in [5, 5.41) is 33.4. The molecule has 120 heavy (non-hydrogen) atoms. The van der Waals surface area contributed by atoms with Crippen LogP contribution in [-0.4, -0.2) is 255 Å². The largest absolute Gasteiger partial charge is 0.475 e. The van der Waals surface area contributed by atoms with E-state index in [0.717, 1.165) is 35.3 Å². The number of rotatable bonds is 30. The van der Waals surface area contributed by atoms with Gasteiger partial charge in [-0.25, -0.2) is 43.6 Å². The third kappa shape index (κ3) is 22.0. The number of hydrogen-bond acceptors (Lipinski definition) is 45. The Morgan fingerprint density at radius 1 is 0.458 bits per heavy atom. The molecule has 6 aromatic rings. The van der Waals surface area contributed by atoms with Gasteiger partial charge in [-0.3, -0.25) is 83.2 Å². The first kappa shape index (κ1) is 95.7. The van der Waals surface area contributed by atoms with Crippen LogP contribution in [0.25, 0.3) is 33.5 Å². The normalized spacial score (nSPS) is 29.4. The molecule has 0 radical (unpaired) electrons. The second kappa shape index (κ2) is 38.1. The fourth-order valence-corrected chi connectivity index (χ4v) is 19.5. The van der Waals surface area contributed by atoms with E-state index in [-0.39, 0.29) is 128 Å². The Morgan fingerprint density at radius 3 is 0.933 bits per heavy atom. The number of thioether (sulfide) groups is 3. The van der Waals surface area contributed by atoms with E-state index in [4.69, 9.17) is 104 Å². The molecule has 12 heterocycles. The van der Waals surface area contributed by atoms with Gasteiger partial charge in [0, 0.05) is 17.3 Å². The summed E-state index contributed by atoms with van der Waals surface area (Å²) in [5.41, 5.74) is 28.9. The van der Waals surface area contributed by atoms with Crippen LogP contribution in [0.2, 0.25) is 0 Å². The van der Waals surface area contributed by atoms with Crippen molar-refractivity contribution < 1.29 is 127 Å².